The molecule has 2 aromatic carbocycles. The molecule has 9 nitrogen and oxygen atoms in total. The lowest BCUT2D eigenvalue weighted by Crippen LogP contribution is -2.13. The summed E-state index contributed by atoms with van der Waals surface area (Å²) in [6, 6.07) is 7.86. The second-order valence-electron chi connectivity index (χ2n) is 6.99. The lowest BCUT2D eigenvalue weighted by Gasteiger charge is -2.13. The SMILES string of the molecule is COc1cc(OC)c(/C=C/S(=O)(=O)Cc2ccc(OC)c(NC(=O)CCC(=O)Cl)c2)c(OC)c1. The number of anilines is 1. The van der Waals surface area contributed by atoms with Gasteiger partial charge in [-0.2, -0.15) is 0 Å². The van der Waals surface area contributed by atoms with Gasteiger partial charge < -0.3 is 24.3 Å². The molecule has 0 unspecified atom stereocenters. The molecule has 0 aliphatic heterocycles. The minimum atomic E-state index is -3.72. The Balaban J connectivity index is 2.27. The highest BCUT2D eigenvalue weighted by molar-refractivity contribution is 7.93. The number of hydrogen-bond donors (Lipinski definition) is 1. The molecule has 34 heavy (non-hydrogen) atoms. The number of rotatable bonds is 12. The third-order valence-electron chi connectivity index (χ3n) is 4.65. The highest BCUT2D eigenvalue weighted by Crippen LogP contribution is 2.35. The summed E-state index contributed by atoms with van der Waals surface area (Å²) in [5.41, 5.74) is 1.14. The van der Waals surface area contributed by atoms with Crippen molar-refractivity contribution in [2.24, 2.45) is 0 Å². The number of sulfone groups is 1. The van der Waals surface area contributed by atoms with Crippen molar-refractivity contribution in [3.8, 4) is 23.0 Å². The van der Waals surface area contributed by atoms with E-state index in [1.807, 2.05) is 0 Å². The van der Waals surface area contributed by atoms with Gasteiger partial charge in [-0.3, -0.25) is 9.59 Å². The first kappa shape index (κ1) is 27.0. The van der Waals surface area contributed by atoms with Gasteiger partial charge in [0, 0.05) is 30.4 Å². The summed E-state index contributed by atoms with van der Waals surface area (Å²) in [5.74, 6) is 0.815. The summed E-state index contributed by atoms with van der Waals surface area (Å²) in [7, 11) is 2.10. The maximum Gasteiger partial charge on any atom is 0.224 e. The second kappa shape index (κ2) is 12.3. The van der Waals surface area contributed by atoms with Crippen LogP contribution in [0.15, 0.2) is 35.7 Å². The van der Waals surface area contributed by atoms with Crippen LogP contribution in [-0.4, -0.2) is 48.0 Å². The van der Waals surface area contributed by atoms with Crippen LogP contribution in [-0.2, 0) is 25.2 Å². The molecule has 0 bridgehead atoms. The number of methoxy groups -OCH3 is 4. The molecule has 0 saturated carbocycles. The minimum absolute atomic E-state index is 0.109. The van der Waals surface area contributed by atoms with E-state index in [0.717, 1.165) is 5.41 Å². The number of benzene rings is 2. The molecule has 2 rings (SSSR count). The van der Waals surface area contributed by atoms with Gasteiger partial charge in [0.2, 0.25) is 11.1 Å². The van der Waals surface area contributed by atoms with Crippen LogP contribution in [0.1, 0.15) is 24.0 Å². The van der Waals surface area contributed by atoms with Crippen molar-refractivity contribution < 1.29 is 37.0 Å². The number of nitrogens with one attached hydrogen (secondary N) is 1. The van der Waals surface area contributed by atoms with Crippen LogP contribution in [0.5, 0.6) is 23.0 Å². The van der Waals surface area contributed by atoms with Crippen molar-refractivity contribution in [1.82, 2.24) is 0 Å². The van der Waals surface area contributed by atoms with Gasteiger partial charge in [-0.05, 0) is 35.4 Å². The Bertz CT molecular complexity index is 1150. The first-order valence-corrected chi connectivity index (χ1v) is 12.1. The Labute approximate surface area is 203 Å². The van der Waals surface area contributed by atoms with E-state index >= 15 is 0 Å². The average Bonchev–Trinajstić information content (AvgIpc) is 2.80. The van der Waals surface area contributed by atoms with Crippen LogP contribution < -0.4 is 24.3 Å². The third-order valence-corrected chi connectivity index (χ3v) is 6.13. The molecular formula is C23H26ClNO8S. The maximum absolute atomic E-state index is 12.8. The number of carbonyl (C=O) groups is 2. The topological polar surface area (TPSA) is 117 Å². The van der Waals surface area contributed by atoms with Crippen molar-refractivity contribution in [2.45, 2.75) is 18.6 Å². The van der Waals surface area contributed by atoms with Crippen molar-refractivity contribution in [2.75, 3.05) is 33.8 Å². The average molecular weight is 512 g/mol. The summed E-state index contributed by atoms with van der Waals surface area (Å²) >= 11 is 5.27. The predicted molar refractivity (Wildman–Crippen MR) is 129 cm³/mol. The summed E-state index contributed by atoms with van der Waals surface area (Å²) in [6.07, 6.45) is 1.16. The van der Waals surface area contributed by atoms with Gasteiger partial charge in [0.15, 0.2) is 9.84 Å². The Morgan fingerprint density at radius 2 is 1.53 bits per heavy atom. The van der Waals surface area contributed by atoms with Gasteiger partial charge in [-0.15, -0.1) is 0 Å². The van der Waals surface area contributed by atoms with Crippen LogP contribution in [0.25, 0.3) is 6.08 Å². The molecule has 2 aromatic rings. The fourth-order valence-electron chi connectivity index (χ4n) is 3.02. The van der Waals surface area contributed by atoms with Gasteiger partial charge in [-0.1, -0.05) is 6.07 Å². The van der Waals surface area contributed by atoms with Gasteiger partial charge in [0.1, 0.15) is 23.0 Å². The zero-order valence-corrected chi connectivity index (χ0v) is 20.8. The van der Waals surface area contributed by atoms with Crippen LogP contribution in [0.4, 0.5) is 5.69 Å². The standard InChI is InChI=1S/C23H26ClNO8S/c1-30-16-12-20(32-3)17(21(13-16)33-4)9-10-34(28,29)14-15-5-6-19(31-2)18(11-15)25-23(27)8-7-22(24)26/h5-6,9-13H,7-8,14H2,1-4H3,(H,25,27)/b10-9+. The van der Waals surface area contributed by atoms with E-state index in [1.54, 1.807) is 24.3 Å². The molecule has 0 saturated heterocycles. The fraction of sp³-hybridized carbons (Fsp3) is 0.304. The zero-order valence-electron chi connectivity index (χ0n) is 19.2. The van der Waals surface area contributed by atoms with Crippen molar-refractivity contribution >= 4 is 44.4 Å². The Morgan fingerprint density at radius 1 is 0.912 bits per heavy atom. The first-order valence-electron chi connectivity index (χ1n) is 9.98. The number of amides is 1. The third kappa shape index (κ3) is 7.67. The van der Waals surface area contributed by atoms with E-state index in [2.05, 4.69) is 5.32 Å². The van der Waals surface area contributed by atoms with E-state index in [4.69, 9.17) is 30.5 Å². The van der Waals surface area contributed by atoms with Crippen LogP contribution in [0.2, 0.25) is 0 Å². The molecule has 11 heteroatoms. The molecule has 184 valence electrons. The predicted octanol–water partition coefficient (Wildman–Crippen LogP) is 3.79. The van der Waals surface area contributed by atoms with Gasteiger partial charge >= 0.3 is 0 Å². The van der Waals surface area contributed by atoms with E-state index in [0.29, 0.717) is 34.1 Å². The molecule has 1 amide bonds. The second-order valence-corrected chi connectivity index (χ2v) is 9.30. The summed E-state index contributed by atoms with van der Waals surface area (Å²) < 4.78 is 46.7. The molecule has 1 N–H and O–H groups in total. The Morgan fingerprint density at radius 3 is 2.06 bits per heavy atom. The van der Waals surface area contributed by atoms with Gasteiger partial charge in [0.25, 0.3) is 0 Å². The van der Waals surface area contributed by atoms with Crippen molar-refractivity contribution in [3.63, 3.8) is 0 Å². The highest BCUT2D eigenvalue weighted by atomic mass is 35.5. The normalized spacial score (nSPS) is 11.2. The number of hydrogen-bond acceptors (Lipinski definition) is 8. The van der Waals surface area contributed by atoms with Crippen molar-refractivity contribution in [3.05, 3.63) is 46.9 Å². The minimum Gasteiger partial charge on any atom is -0.496 e. The smallest absolute Gasteiger partial charge is 0.224 e. The van der Waals surface area contributed by atoms with Gasteiger partial charge in [0.05, 0.1) is 45.4 Å². The molecule has 0 radical (unpaired) electrons. The summed E-state index contributed by atoms with van der Waals surface area (Å²) in [5, 5.41) is 3.05. The lowest BCUT2D eigenvalue weighted by atomic mass is 10.1. The quantitative estimate of drug-likeness (QED) is 0.428. The number of ether oxygens (including phenoxy) is 4. The van der Waals surface area contributed by atoms with Crippen molar-refractivity contribution in [1.29, 1.82) is 0 Å². The molecule has 0 atom stereocenters. The van der Waals surface area contributed by atoms with E-state index in [1.165, 1.54) is 40.6 Å². The van der Waals surface area contributed by atoms with Crippen LogP contribution >= 0.6 is 11.6 Å². The fourth-order valence-corrected chi connectivity index (χ4v) is 4.19. The van der Waals surface area contributed by atoms with Crippen LogP contribution in [0.3, 0.4) is 0 Å². The molecule has 0 heterocycles. The monoisotopic (exact) mass is 511 g/mol. The molecule has 0 spiro atoms. The molecule has 0 aliphatic rings. The lowest BCUT2D eigenvalue weighted by molar-refractivity contribution is -0.119. The molecule has 0 aromatic heterocycles. The summed E-state index contributed by atoms with van der Waals surface area (Å²) in [6.45, 7) is 0. The highest BCUT2D eigenvalue weighted by Gasteiger charge is 2.16. The first-order chi connectivity index (χ1) is 16.1. The van der Waals surface area contributed by atoms with Gasteiger partial charge in [-0.25, -0.2) is 8.42 Å². The number of halogens is 1. The largest absolute Gasteiger partial charge is 0.496 e. The summed E-state index contributed by atoms with van der Waals surface area (Å²) in [4.78, 5) is 22.9. The van der Waals surface area contributed by atoms with Crippen LogP contribution in [0, 0.1) is 0 Å². The van der Waals surface area contributed by atoms with E-state index in [9.17, 15) is 18.0 Å². The molecule has 0 fully saturated rings. The maximum atomic E-state index is 12.8. The Hall–Kier alpha value is -3.24. The van der Waals surface area contributed by atoms with E-state index < -0.39 is 21.0 Å². The zero-order chi connectivity index (χ0) is 25.3. The number of carbonyl (C=O) groups excluding carboxylic acids is 2. The molecule has 0 aliphatic carbocycles. The van der Waals surface area contributed by atoms with E-state index in [-0.39, 0.29) is 24.3 Å². The molecular weight excluding hydrogens is 486 g/mol. The Kier molecular flexibility index (Phi) is 9.76.